The fourth-order valence-corrected chi connectivity index (χ4v) is 4.36. The summed E-state index contributed by atoms with van der Waals surface area (Å²) >= 11 is 0. The smallest absolute Gasteiger partial charge is 0.0607 e. The molecule has 5 nitrogen and oxygen atoms in total. The molecule has 142 valence electrons. The van der Waals surface area contributed by atoms with E-state index in [2.05, 4.69) is 45.6 Å². The Morgan fingerprint density at radius 1 is 1.15 bits per heavy atom. The van der Waals surface area contributed by atoms with Crippen LogP contribution in [0.4, 0.5) is 0 Å². The van der Waals surface area contributed by atoms with Crippen LogP contribution in [-0.2, 0) is 19.4 Å². The van der Waals surface area contributed by atoms with Crippen molar-refractivity contribution in [1.82, 2.24) is 20.2 Å². The highest BCUT2D eigenvalue weighted by Crippen LogP contribution is 2.33. The third kappa shape index (κ3) is 4.26. The lowest BCUT2D eigenvalue weighted by Crippen LogP contribution is -2.46. The first kappa shape index (κ1) is 18.3. The summed E-state index contributed by atoms with van der Waals surface area (Å²) in [4.78, 5) is 11.9. The molecule has 0 radical (unpaired) electrons. The minimum absolute atomic E-state index is 0.379. The van der Waals surface area contributed by atoms with Gasteiger partial charge in [-0.25, -0.2) is 0 Å². The molecule has 0 bridgehead atoms. The van der Waals surface area contributed by atoms with Crippen molar-refractivity contribution in [2.24, 2.45) is 5.73 Å². The topological polar surface area (TPSA) is 67.1 Å². The molecule has 1 aliphatic carbocycles. The molecular weight excluding hydrogens is 334 g/mol. The Morgan fingerprint density at radius 3 is 2.89 bits per heavy atom. The van der Waals surface area contributed by atoms with Crippen molar-refractivity contribution in [2.45, 2.75) is 44.3 Å². The van der Waals surface area contributed by atoms with Crippen molar-refractivity contribution in [2.75, 3.05) is 19.6 Å². The lowest BCUT2D eigenvalue weighted by Gasteiger charge is -2.37. The van der Waals surface area contributed by atoms with Gasteiger partial charge in [0.25, 0.3) is 0 Å². The van der Waals surface area contributed by atoms with Gasteiger partial charge in [0.2, 0.25) is 0 Å². The summed E-state index contributed by atoms with van der Waals surface area (Å²) in [5.41, 5.74) is 10.9. The van der Waals surface area contributed by atoms with E-state index in [1.165, 1.54) is 35.4 Å². The highest BCUT2D eigenvalue weighted by atomic mass is 15.2. The summed E-state index contributed by atoms with van der Waals surface area (Å²) in [5.74, 6) is 0. The van der Waals surface area contributed by atoms with Crippen LogP contribution in [0.25, 0.3) is 0 Å². The van der Waals surface area contributed by atoms with E-state index in [1.807, 2.05) is 18.5 Å². The molecule has 2 atom stereocenters. The van der Waals surface area contributed by atoms with Gasteiger partial charge in [-0.2, -0.15) is 0 Å². The Labute approximate surface area is 161 Å². The van der Waals surface area contributed by atoms with Crippen molar-refractivity contribution in [1.29, 1.82) is 0 Å². The molecule has 5 heteroatoms. The standard InChI is InChI=1S/C22H29N5/c23-10-1-2-13-27(21-9-3-6-17-7-4-12-25-22(17)21)16-19-14-20-18(15-26-19)8-5-11-24-20/h1-2,4-5,7-8,11-12,19,21,26H,3,6,9-10,13-16,23H2/b2-1-/t19?,21-/m0/s1. The average molecular weight is 364 g/mol. The predicted molar refractivity (Wildman–Crippen MR) is 108 cm³/mol. The molecule has 4 rings (SSSR count). The molecule has 0 aromatic carbocycles. The van der Waals surface area contributed by atoms with Gasteiger partial charge in [0, 0.05) is 56.7 Å². The van der Waals surface area contributed by atoms with Crippen molar-refractivity contribution in [3.8, 4) is 0 Å². The van der Waals surface area contributed by atoms with E-state index in [-0.39, 0.29) is 0 Å². The molecule has 2 aromatic rings. The second kappa shape index (κ2) is 8.74. The van der Waals surface area contributed by atoms with Crippen LogP contribution in [0.2, 0.25) is 0 Å². The fraction of sp³-hybridized carbons (Fsp3) is 0.455. The van der Waals surface area contributed by atoms with Gasteiger partial charge in [-0.05, 0) is 42.5 Å². The quantitative estimate of drug-likeness (QED) is 0.772. The SMILES string of the molecule is NC/C=C\CN(CC1Cc2ncccc2CN1)[C@H]1CCCc2cccnc21. The van der Waals surface area contributed by atoms with E-state index >= 15 is 0 Å². The number of aryl methyl sites for hydroxylation is 1. The molecule has 3 heterocycles. The molecule has 1 aliphatic heterocycles. The van der Waals surface area contributed by atoms with Crippen LogP contribution in [0, 0.1) is 0 Å². The van der Waals surface area contributed by atoms with Gasteiger partial charge >= 0.3 is 0 Å². The molecule has 3 N–H and O–H groups in total. The van der Waals surface area contributed by atoms with Gasteiger partial charge in [0.05, 0.1) is 11.7 Å². The summed E-state index contributed by atoms with van der Waals surface area (Å²) in [6.07, 6.45) is 12.6. The van der Waals surface area contributed by atoms with Crippen LogP contribution in [-0.4, -0.2) is 40.5 Å². The Kier molecular flexibility index (Phi) is 5.92. The maximum absolute atomic E-state index is 5.67. The second-order valence-corrected chi connectivity index (χ2v) is 7.51. The molecule has 0 amide bonds. The van der Waals surface area contributed by atoms with Gasteiger partial charge in [-0.1, -0.05) is 24.3 Å². The van der Waals surface area contributed by atoms with Crippen LogP contribution >= 0.6 is 0 Å². The maximum atomic E-state index is 5.67. The first-order valence-corrected chi connectivity index (χ1v) is 10.0. The van der Waals surface area contributed by atoms with E-state index in [0.29, 0.717) is 18.6 Å². The van der Waals surface area contributed by atoms with Crippen LogP contribution < -0.4 is 11.1 Å². The first-order valence-electron chi connectivity index (χ1n) is 10.0. The minimum Gasteiger partial charge on any atom is -0.327 e. The van der Waals surface area contributed by atoms with Gasteiger partial charge in [0.15, 0.2) is 0 Å². The van der Waals surface area contributed by atoms with Gasteiger partial charge in [-0.15, -0.1) is 0 Å². The third-order valence-corrected chi connectivity index (χ3v) is 5.71. The summed E-state index contributed by atoms with van der Waals surface area (Å²) in [5, 5.41) is 3.71. The van der Waals surface area contributed by atoms with Gasteiger partial charge in [0.1, 0.15) is 0 Å². The van der Waals surface area contributed by atoms with E-state index in [0.717, 1.165) is 32.5 Å². The first-order chi connectivity index (χ1) is 13.3. The van der Waals surface area contributed by atoms with E-state index < -0.39 is 0 Å². The van der Waals surface area contributed by atoms with Crippen molar-refractivity contribution in [3.63, 3.8) is 0 Å². The molecule has 0 fully saturated rings. The van der Waals surface area contributed by atoms with Crippen LogP contribution in [0.5, 0.6) is 0 Å². The maximum Gasteiger partial charge on any atom is 0.0607 e. The predicted octanol–water partition coefficient (Wildman–Crippen LogP) is 2.39. The monoisotopic (exact) mass is 363 g/mol. The summed E-state index contributed by atoms with van der Waals surface area (Å²) in [6, 6.07) is 9.29. The van der Waals surface area contributed by atoms with Gasteiger partial charge in [-0.3, -0.25) is 14.9 Å². The number of hydrogen-bond acceptors (Lipinski definition) is 5. The number of pyridine rings is 2. The van der Waals surface area contributed by atoms with Gasteiger partial charge < -0.3 is 11.1 Å². The van der Waals surface area contributed by atoms with Crippen molar-refractivity contribution in [3.05, 3.63) is 71.3 Å². The zero-order valence-electron chi connectivity index (χ0n) is 15.8. The third-order valence-electron chi connectivity index (χ3n) is 5.71. The van der Waals surface area contributed by atoms with Crippen molar-refractivity contribution >= 4 is 0 Å². The number of fused-ring (bicyclic) bond motifs is 2. The molecular formula is C22H29N5. The fourth-order valence-electron chi connectivity index (χ4n) is 4.36. The van der Waals surface area contributed by atoms with E-state index in [9.17, 15) is 0 Å². The highest BCUT2D eigenvalue weighted by Gasteiger charge is 2.29. The number of nitrogens with zero attached hydrogens (tertiary/aromatic N) is 3. The largest absolute Gasteiger partial charge is 0.327 e. The molecule has 0 saturated carbocycles. The number of nitrogens with two attached hydrogens (primary N) is 1. The van der Waals surface area contributed by atoms with Crippen molar-refractivity contribution < 1.29 is 0 Å². The normalized spacial score (nSPS) is 22.0. The van der Waals surface area contributed by atoms with Crippen LogP contribution in [0.15, 0.2) is 48.8 Å². The lowest BCUT2D eigenvalue weighted by molar-refractivity contribution is 0.170. The molecule has 0 saturated heterocycles. The molecule has 0 spiro atoms. The van der Waals surface area contributed by atoms with Crippen LogP contribution in [0.1, 0.15) is 41.4 Å². The number of aromatic nitrogens is 2. The number of hydrogen-bond donors (Lipinski definition) is 2. The lowest BCUT2D eigenvalue weighted by atomic mass is 9.90. The Morgan fingerprint density at radius 2 is 2.00 bits per heavy atom. The molecule has 27 heavy (non-hydrogen) atoms. The Bertz CT molecular complexity index is 788. The van der Waals surface area contributed by atoms with E-state index in [4.69, 9.17) is 10.7 Å². The summed E-state index contributed by atoms with van der Waals surface area (Å²) in [6.45, 7) is 3.39. The molecule has 2 aliphatic rings. The highest BCUT2D eigenvalue weighted by molar-refractivity contribution is 5.26. The summed E-state index contributed by atoms with van der Waals surface area (Å²) < 4.78 is 0. The number of nitrogens with one attached hydrogen (secondary N) is 1. The zero-order valence-corrected chi connectivity index (χ0v) is 15.8. The van der Waals surface area contributed by atoms with Crippen LogP contribution in [0.3, 0.4) is 0 Å². The summed E-state index contributed by atoms with van der Waals surface area (Å²) in [7, 11) is 0. The number of rotatable bonds is 6. The Hall–Kier alpha value is -2.08. The Balaban J connectivity index is 1.53. The average Bonchev–Trinajstić information content (AvgIpc) is 2.73. The zero-order chi connectivity index (χ0) is 18.5. The molecule has 1 unspecified atom stereocenters. The second-order valence-electron chi connectivity index (χ2n) is 7.51. The van der Waals surface area contributed by atoms with E-state index in [1.54, 1.807) is 0 Å². The minimum atomic E-state index is 0.379. The molecule has 2 aromatic heterocycles.